The lowest BCUT2D eigenvalue weighted by Gasteiger charge is -2.54. The molecule has 0 aromatic carbocycles. The molecule has 0 bridgehead atoms. The first-order chi connectivity index (χ1) is 14.3. The highest BCUT2D eigenvalue weighted by molar-refractivity contribution is 5.83. The van der Waals surface area contributed by atoms with Crippen molar-refractivity contribution in [1.29, 1.82) is 0 Å². The van der Waals surface area contributed by atoms with E-state index in [4.69, 9.17) is 4.74 Å². The van der Waals surface area contributed by atoms with Crippen LogP contribution < -0.4 is 0 Å². The molecule has 0 spiro atoms. The second-order valence-corrected chi connectivity index (χ2v) is 11.1. The molecule has 3 fully saturated rings. The lowest BCUT2D eigenvalue weighted by atomic mass is 9.50. The van der Waals surface area contributed by atoms with E-state index in [0.29, 0.717) is 41.8 Å². The highest BCUT2D eigenvalue weighted by Gasteiger charge is 2.56. The molecule has 0 aromatic heterocycles. The third-order valence-electron chi connectivity index (χ3n) is 9.68. The number of carbonyl (C=O) groups excluding carboxylic acids is 2. The van der Waals surface area contributed by atoms with Crippen molar-refractivity contribution in [2.75, 3.05) is 7.11 Å². The molecule has 3 nitrogen and oxygen atoms in total. The van der Waals surface area contributed by atoms with Gasteiger partial charge in [0.1, 0.15) is 5.78 Å². The average molecular weight is 413 g/mol. The van der Waals surface area contributed by atoms with Gasteiger partial charge in [-0.1, -0.05) is 56.9 Å². The fraction of sp³-hybridized carbons (Fsp3) is 0.778. The van der Waals surface area contributed by atoms with Crippen LogP contribution in [0.25, 0.3) is 0 Å². The molecule has 0 radical (unpaired) electrons. The monoisotopic (exact) mass is 412 g/mol. The molecule has 3 heteroatoms. The van der Waals surface area contributed by atoms with Gasteiger partial charge in [0.15, 0.2) is 0 Å². The molecule has 0 aromatic rings. The molecule has 0 saturated heterocycles. The Balaban J connectivity index is 1.46. The van der Waals surface area contributed by atoms with Gasteiger partial charge >= 0.3 is 5.97 Å². The molecule has 4 aliphatic rings. The summed E-state index contributed by atoms with van der Waals surface area (Å²) in [6, 6.07) is 0. The summed E-state index contributed by atoms with van der Waals surface area (Å²) in [6.07, 6.45) is 16.4. The van der Waals surface area contributed by atoms with Crippen molar-refractivity contribution < 1.29 is 14.3 Å². The normalized spacial score (nSPS) is 38.7. The van der Waals surface area contributed by atoms with E-state index in [9.17, 15) is 9.59 Å². The number of hydrogen-bond acceptors (Lipinski definition) is 3. The van der Waals surface area contributed by atoms with Crippen LogP contribution in [0.5, 0.6) is 0 Å². The number of fused-ring (bicyclic) bond motifs is 5. The highest BCUT2D eigenvalue weighted by Crippen LogP contribution is 2.65. The summed E-state index contributed by atoms with van der Waals surface area (Å²) >= 11 is 0. The Bertz CT molecular complexity index is 762. The predicted molar refractivity (Wildman–Crippen MR) is 120 cm³/mol. The molecular formula is C27H40O3. The molecule has 0 N–H and O–H groups in total. The van der Waals surface area contributed by atoms with Crippen LogP contribution >= 0.6 is 0 Å². The van der Waals surface area contributed by atoms with Gasteiger partial charge in [0.05, 0.1) is 7.11 Å². The predicted octanol–water partition coefficient (Wildman–Crippen LogP) is 6.42. The van der Waals surface area contributed by atoms with E-state index in [-0.39, 0.29) is 11.4 Å². The van der Waals surface area contributed by atoms with Crippen LogP contribution in [0.2, 0.25) is 0 Å². The third-order valence-corrected chi connectivity index (χ3v) is 9.68. The Labute approximate surface area is 182 Å². The van der Waals surface area contributed by atoms with E-state index >= 15 is 0 Å². The number of ketones is 1. The van der Waals surface area contributed by atoms with Gasteiger partial charge in [-0.15, -0.1) is 0 Å². The first-order valence-electron chi connectivity index (χ1n) is 12.3. The van der Waals surface area contributed by atoms with E-state index in [2.05, 4.69) is 32.9 Å². The SMILES string of the molecule is COC(=O)CCCC[C@@H](C)[C@H]1CC[C@H]2C3=CC=C4CC(=O)CC[C@]4(C)[C@H]3CC[C@]12C. The maximum Gasteiger partial charge on any atom is 0.305 e. The summed E-state index contributed by atoms with van der Waals surface area (Å²) in [6.45, 7) is 7.47. The molecule has 0 unspecified atom stereocenters. The fourth-order valence-corrected chi connectivity index (χ4v) is 7.83. The zero-order valence-corrected chi connectivity index (χ0v) is 19.5. The molecule has 0 amide bonds. The molecule has 4 aliphatic carbocycles. The number of Topliss-reactive ketones (excluding diaryl/α,β-unsaturated/α-hetero) is 1. The van der Waals surface area contributed by atoms with E-state index in [1.165, 1.54) is 44.8 Å². The summed E-state index contributed by atoms with van der Waals surface area (Å²) in [5.74, 6) is 3.21. The van der Waals surface area contributed by atoms with Crippen molar-refractivity contribution in [3.05, 3.63) is 23.3 Å². The van der Waals surface area contributed by atoms with Gasteiger partial charge < -0.3 is 4.74 Å². The number of ether oxygens (including phenoxy) is 1. The summed E-state index contributed by atoms with van der Waals surface area (Å²) < 4.78 is 4.78. The van der Waals surface area contributed by atoms with Crippen molar-refractivity contribution in [1.82, 2.24) is 0 Å². The molecule has 4 rings (SSSR count). The first kappa shape index (κ1) is 21.8. The lowest BCUT2D eigenvalue weighted by molar-refractivity contribution is -0.140. The van der Waals surface area contributed by atoms with Gasteiger partial charge in [-0.2, -0.15) is 0 Å². The lowest BCUT2D eigenvalue weighted by Crippen LogP contribution is -2.46. The van der Waals surface area contributed by atoms with Crippen LogP contribution in [-0.2, 0) is 14.3 Å². The van der Waals surface area contributed by atoms with Crippen LogP contribution in [0.3, 0.4) is 0 Å². The Hall–Kier alpha value is -1.38. The first-order valence-corrected chi connectivity index (χ1v) is 12.3. The fourth-order valence-electron chi connectivity index (χ4n) is 7.83. The van der Waals surface area contributed by atoms with Crippen molar-refractivity contribution in [2.24, 2.45) is 34.5 Å². The number of unbranched alkanes of at least 4 members (excludes halogenated alkanes) is 1. The van der Waals surface area contributed by atoms with Crippen LogP contribution in [0.4, 0.5) is 0 Å². The quantitative estimate of drug-likeness (QED) is 0.373. The van der Waals surface area contributed by atoms with E-state index in [1.807, 2.05) is 0 Å². The number of hydrogen-bond donors (Lipinski definition) is 0. The topological polar surface area (TPSA) is 43.4 Å². The highest BCUT2D eigenvalue weighted by atomic mass is 16.5. The summed E-state index contributed by atoms with van der Waals surface area (Å²) in [5, 5.41) is 0. The van der Waals surface area contributed by atoms with E-state index in [1.54, 1.807) is 5.57 Å². The van der Waals surface area contributed by atoms with Crippen molar-refractivity contribution in [2.45, 2.75) is 91.4 Å². The minimum atomic E-state index is -0.0802. The van der Waals surface area contributed by atoms with E-state index in [0.717, 1.165) is 31.6 Å². The van der Waals surface area contributed by atoms with Gasteiger partial charge in [0.25, 0.3) is 0 Å². The van der Waals surface area contributed by atoms with Gasteiger partial charge in [-0.25, -0.2) is 0 Å². The molecule has 30 heavy (non-hydrogen) atoms. The van der Waals surface area contributed by atoms with Crippen molar-refractivity contribution in [3.63, 3.8) is 0 Å². The maximum atomic E-state index is 12.0. The van der Waals surface area contributed by atoms with Crippen molar-refractivity contribution >= 4 is 11.8 Å². The average Bonchev–Trinajstić information content (AvgIpc) is 3.08. The Kier molecular flexibility index (Phi) is 6.03. The number of carbonyl (C=O) groups is 2. The minimum Gasteiger partial charge on any atom is -0.469 e. The molecule has 166 valence electrons. The van der Waals surface area contributed by atoms with Gasteiger partial charge in [0, 0.05) is 19.3 Å². The maximum absolute atomic E-state index is 12.0. The molecule has 3 saturated carbocycles. The van der Waals surface area contributed by atoms with Gasteiger partial charge in [-0.05, 0) is 73.0 Å². The number of rotatable bonds is 6. The van der Waals surface area contributed by atoms with Crippen LogP contribution in [0.15, 0.2) is 23.3 Å². The zero-order chi connectivity index (χ0) is 21.5. The van der Waals surface area contributed by atoms with Crippen LogP contribution in [0.1, 0.15) is 91.4 Å². The molecule has 0 aliphatic heterocycles. The van der Waals surface area contributed by atoms with E-state index < -0.39 is 0 Å². The van der Waals surface area contributed by atoms with Crippen LogP contribution in [-0.4, -0.2) is 18.9 Å². The van der Waals surface area contributed by atoms with Crippen LogP contribution in [0, 0.1) is 34.5 Å². The molecule has 6 atom stereocenters. The molecule has 0 heterocycles. The number of methoxy groups -OCH3 is 1. The standard InChI is InChI=1S/C27H40O3/c1-18(7-5-6-8-25(29)30-4)22-11-12-23-21-10-9-19-17-20(28)13-15-26(19,2)24(21)14-16-27(22,23)3/h9-10,18,22-24H,5-8,11-17H2,1-4H3/t18-,22-,23+,24+,26+,27-/m1/s1. The Morgan fingerprint density at radius 1 is 1.13 bits per heavy atom. The Morgan fingerprint density at radius 3 is 2.70 bits per heavy atom. The summed E-state index contributed by atoms with van der Waals surface area (Å²) in [7, 11) is 1.48. The largest absolute Gasteiger partial charge is 0.469 e. The molecular weight excluding hydrogens is 372 g/mol. The van der Waals surface area contributed by atoms with Crippen molar-refractivity contribution in [3.8, 4) is 0 Å². The smallest absolute Gasteiger partial charge is 0.305 e. The van der Waals surface area contributed by atoms with Gasteiger partial charge in [-0.3, -0.25) is 9.59 Å². The second kappa shape index (κ2) is 8.28. The zero-order valence-electron chi connectivity index (χ0n) is 19.5. The third kappa shape index (κ3) is 3.60. The number of esters is 1. The minimum absolute atomic E-state index is 0.0802. The summed E-state index contributed by atoms with van der Waals surface area (Å²) in [4.78, 5) is 23.4. The number of allylic oxidation sites excluding steroid dienone is 4. The van der Waals surface area contributed by atoms with Gasteiger partial charge in [0.2, 0.25) is 0 Å². The Morgan fingerprint density at radius 2 is 1.93 bits per heavy atom. The second-order valence-electron chi connectivity index (χ2n) is 11.1. The summed E-state index contributed by atoms with van der Waals surface area (Å²) in [5.41, 5.74) is 3.75.